The molecule has 1 aliphatic heterocycles. The summed E-state index contributed by atoms with van der Waals surface area (Å²) < 4.78 is 5.34. The lowest BCUT2D eigenvalue weighted by molar-refractivity contribution is -0.125. The zero-order valence-corrected chi connectivity index (χ0v) is 11.8. The van der Waals surface area contributed by atoms with Gasteiger partial charge in [0, 0.05) is 19.1 Å². The molecule has 0 aromatic rings. The van der Waals surface area contributed by atoms with E-state index in [-0.39, 0.29) is 18.7 Å². The second-order valence-corrected chi connectivity index (χ2v) is 5.57. The Morgan fingerprint density at radius 3 is 2.68 bits per heavy atom. The third-order valence-electron chi connectivity index (χ3n) is 2.64. The van der Waals surface area contributed by atoms with Crippen molar-refractivity contribution in [2.75, 3.05) is 19.7 Å². The van der Waals surface area contributed by atoms with E-state index >= 15 is 0 Å². The van der Waals surface area contributed by atoms with Crippen LogP contribution in [0.5, 0.6) is 0 Å². The lowest BCUT2D eigenvalue weighted by Gasteiger charge is -2.28. The first-order valence-corrected chi connectivity index (χ1v) is 6.42. The number of carbonyl (C=O) groups excluding carboxylic acids is 2. The van der Waals surface area contributed by atoms with E-state index in [0.717, 1.165) is 12.8 Å². The number of hydroxylamine groups is 1. The molecule has 0 radical (unpaired) electrons. The van der Waals surface area contributed by atoms with Crippen molar-refractivity contribution in [3.8, 4) is 0 Å². The van der Waals surface area contributed by atoms with Gasteiger partial charge in [-0.05, 0) is 33.6 Å². The van der Waals surface area contributed by atoms with Crippen molar-refractivity contribution in [3.05, 3.63) is 0 Å². The van der Waals surface area contributed by atoms with Crippen LogP contribution in [-0.4, -0.2) is 48.2 Å². The molecule has 2 amide bonds. The number of likely N-dealkylation sites (tertiary alicyclic amines) is 1. The van der Waals surface area contributed by atoms with Crippen LogP contribution in [0.2, 0.25) is 0 Å². The highest BCUT2D eigenvalue weighted by Crippen LogP contribution is 2.20. The summed E-state index contributed by atoms with van der Waals surface area (Å²) in [5.41, 5.74) is 7.10. The monoisotopic (exact) mass is 273 g/mol. The molecule has 7 heteroatoms. The molecule has 0 aromatic carbocycles. The van der Waals surface area contributed by atoms with E-state index in [1.807, 2.05) is 20.8 Å². The summed E-state index contributed by atoms with van der Waals surface area (Å²) in [6.07, 6.45) is 1.50. The van der Waals surface area contributed by atoms with Crippen LogP contribution in [0, 0.1) is 0 Å². The van der Waals surface area contributed by atoms with Crippen molar-refractivity contribution < 1.29 is 19.2 Å². The number of carbonyl (C=O) groups is 2. The number of primary amides is 1. The summed E-state index contributed by atoms with van der Waals surface area (Å²) in [6, 6.07) is 0.0164. The maximum atomic E-state index is 12.0. The zero-order chi connectivity index (χ0) is 14.5. The van der Waals surface area contributed by atoms with Crippen LogP contribution in [-0.2, 0) is 14.4 Å². The van der Waals surface area contributed by atoms with E-state index in [4.69, 9.17) is 15.3 Å². The predicted octanol–water partition coefficient (Wildman–Crippen LogP) is 0.392. The van der Waals surface area contributed by atoms with Gasteiger partial charge in [-0.2, -0.15) is 5.48 Å². The standard InChI is InChI=1S/C12H23N3O4/c1-12(2,3)19-11(17)15-6-4-5-9(15)7-14-18-8-10(13)16/h9,14H,4-8H2,1-3H3,(H2,13,16). The van der Waals surface area contributed by atoms with Crippen LogP contribution in [0.3, 0.4) is 0 Å². The number of hydrogen-bond donors (Lipinski definition) is 2. The fraction of sp³-hybridized carbons (Fsp3) is 0.833. The summed E-state index contributed by atoms with van der Waals surface area (Å²) in [4.78, 5) is 29.0. The van der Waals surface area contributed by atoms with Crippen LogP contribution in [0.15, 0.2) is 0 Å². The first kappa shape index (κ1) is 15.7. The molecule has 1 saturated heterocycles. The minimum atomic E-state index is -0.539. The Labute approximate surface area is 113 Å². The maximum Gasteiger partial charge on any atom is 0.410 e. The number of hydrogen-bond acceptors (Lipinski definition) is 5. The number of ether oxygens (including phenoxy) is 1. The molecule has 0 aromatic heterocycles. The van der Waals surface area contributed by atoms with Crippen molar-refractivity contribution in [2.45, 2.75) is 45.3 Å². The molecule has 1 fully saturated rings. The van der Waals surface area contributed by atoms with Gasteiger partial charge in [0.25, 0.3) is 0 Å². The Hall–Kier alpha value is -1.34. The molecular formula is C12H23N3O4. The van der Waals surface area contributed by atoms with Gasteiger partial charge >= 0.3 is 6.09 Å². The summed E-state index contributed by atoms with van der Waals surface area (Å²) >= 11 is 0. The van der Waals surface area contributed by atoms with Gasteiger partial charge in [-0.3, -0.25) is 9.63 Å². The normalized spacial score (nSPS) is 19.5. The molecular weight excluding hydrogens is 250 g/mol. The van der Waals surface area contributed by atoms with Gasteiger partial charge in [-0.1, -0.05) is 0 Å². The maximum absolute atomic E-state index is 12.0. The van der Waals surface area contributed by atoms with Gasteiger partial charge < -0.3 is 15.4 Å². The predicted molar refractivity (Wildman–Crippen MR) is 69.1 cm³/mol. The third kappa shape index (κ3) is 5.89. The van der Waals surface area contributed by atoms with Gasteiger partial charge in [0.15, 0.2) is 0 Å². The Morgan fingerprint density at radius 2 is 2.11 bits per heavy atom. The van der Waals surface area contributed by atoms with E-state index in [1.54, 1.807) is 4.90 Å². The van der Waals surface area contributed by atoms with Crippen molar-refractivity contribution in [3.63, 3.8) is 0 Å². The second-order valence-electron chi connectivity index (χ2n) is 5.57. The van der Waals surface area contributed by atoms with Crippen molar-refractivity contribution in [1.29, 1.82) is 0 Å². The number of nitrogens with two attached hydrogens (primary N) is 1. The first-order valence-electron chi connectivity index (χ1n) is 6.42. The van der Waals surface area contributed by atoms with E-state index in [1.165, 1.54) is 0 Å². The summed E-state index contributed by atoms with van der Waals surface area (Å²) in [5.74, 6) is -0.539. The molecule has 19 heavy (non-hydrogen) atoms. The zero-order valence-electron chi connectivity index (χ0n) is 11.8. The van der Waals surface area contributed by atoms with E-state index < -0.39 is 11.5 Å². The Balaban J connectivity index is 2.37. The molecule has 0 bridgehead atoms. The molecule has 3 N–H and O–H groups in total. The summed E-state index contributed by atoms with van der Waals surface area (Å²) in [7, 11) is 0. The largest absolute Gasteiger partial charge is 0.444 e. The number of nitrogens with zero attached hydrogens (tertiary/aromatic N) is 1. The molecule has 1 unspecified atom stereocenters. The van der Waals surface area contributed by atoms with Crippen molar-refractivity contribution in [1.82, 2.24) is 10.4 Å². The quantitative estimate of drug-likeness (QED) is 0.558. The smallest absolute Gasteiger partial charge is 0.410 e. The van der Waals surface area contributed by atoms with Gasteiger partial charge in [0.1, 0.15) is 12.2 Å². The Bertz CT molecular complexity index is 327. The number of nitrogens with one attached hydrogen (secondary N) is 1. The fourth-order valence-electron chi connectivity index (χ4n) is 1.89. The van der Waals surface area contributed by atoms with Crippen molar-refractivity contribution in [2.24, 2.45) is 5.73 Å². The average molecular weight is 273 g/mol. The molecule has 1 rings (SSSR count). The van der Waals surface area contributed by atoms with Gasteiger partial charge in [0.2, 0.25) is 5.91 Å². The highest BCUT2D eigenvalue weighted by Gasteiger charge is 2.31. The number of amides is 2. The van der Waals surface area contributed by atoms with E-state index in [9.17, 15) is 9.59 Å². The fourth-order valence-corrected chi connectivity index (χ4v) is 1.89. The second kappa shape index (κ2) is 6.72. The first-order chi connectivity index (χ1) is 8.79. The lowest BCUT2D eigenvalue weighted by atomic mass is 10.2. The minimum absolute atomic E-state index is 0.0164. The van der Waals surface area contributed by atoms with Gasteiger partial charge in [-0.25, -0.2) is 4.79 Å². The molecule has 1 heterocycles. The van der Waals surface area contributed by atoms with E-state index in [0.29, 0.717) is 13.1 Å². The van der Waals surface area contributed by atoms with Crippen LogP contribution >= 0.6 is 0 Å². The SMILES string of the molecule is CC(C)(C)OC(=O)N1CCCC1CNOCC(N)=O. The Kier molecular flexibility index (Phi) is 5.56. The van der Waals surface area contributed by atoms with Gasteiger partial charge in [-0.15, -0.1) is 0 Å². The molecule has 7 nitrogen and oxygen atoms in total. The van der Waals surface area contributed by atoms with E-state index in [2.05, 4.69) is 5.48 Å². The molecule has 0 saturated carbocycles. The molecule has 1 aliphatic rings. The topological polar surface area (TPSA) is 93.9 Å². The number of rotatable bonds is 5. The van der Waals surface area contributed by atoms with Crippen LogP contribution < -0.4 is 11.2 Å². The third-order valence-corrected chi connectivity index (χ3v) is 2.64. The summed E-state index contributed by atoms with van der Waals surface area (Å²) in [5, 5.41) is 0. The van der Waals surface area contributed by atoms with Crippen LogP contribution in [0.1, 0.15) is 33.6 Å². The highest BCUT2D eigenvalue weighted by atomic mass is 16.6. The molecule has 0 aliphatic carbocycles. The van der Waals surface area contributed by atoms with Crippen LogP contribution in [0.25, 0.3) is 0 Å². The van der Waals surface area contributed by atoms with Gasteiger partial charge in [0.05, 0.1) is 0 Å². The minimum Gasteiger partial charge on any atom is -0.444 e. The van der Waals surface area contributed by atoms with Crippen LogP contribution in [0.4, 0.5) is 4.79 Å². The highest BCUT2D eigenvalue weighted by molar-refractivity contribution is 5.74. The lowest BCUT2D eigenvalue weighted by Crippen LogP contribution is -2.44. The molecule has 110 valence electrons. The molecule has 0 spiro atoms. The van der Waals surface area contributed by atoms with Crippen molar-refractivity contribution >= 4 is 12.0 Å². The summed E-state index contributed by atoms with van der Waals surface area (Å²) in [6.45, 7) is 6.46. The average Bonchev–Trinajstić information content (AvgIpc) is 2.69. The molecule has 1 atom stereocenters. The Morgan fingerprint density at radius 1 is 1.42 bits per heavy atom.